The molecule has 0 saturated heterocycles. The molecule has 0 bridgehead atoms. The van der Waals surface area contributed by atoms with Gasteiger partial charge in [-0.1, -0.05) is 6.07 Å². The van der Waals surface area contributed by atoms with Crippen LogP contribution >= 0.6 is 0 Å². The van der Waals surface area contributed by atoms with Crippen LogP contribution in [-0.2, 0) is 6.61 Å². The maximum Gasteiger partial charge on any atom is 0.196 e. The van der Waals surface area contributed by atoms with Gasteiger partial charge in [-0.3, -0.25) is 9.78 Å². The number of aliphatic hydroxyl groups is 1. The van der Waals surface area contributed by atoms with Gasteiger partial charge >= 0.3 is 0 Å². The van der Waals surface area contributed by atoms with Crippen molar-refractivity contribution < 1.29 is 18.3 Å². The van der Waals surface area contributed by atoms with E-state index in [0.29, 0.717) is 33.5 Å². The fraction of sp³-hybridized carbons (Fsp3) is 0.200. The van der Waals surface area contributed by atoms with Crippen LogP contribution in [-0.4, -0.2) is 10.1 Å². The number of nitrogens with zero attached hydrogens (tertiary/aromatic N) is 1. The quantitative estimate of drug-likeness (QED) is 0.437. The number of aliphatic hydroxyl groups excluding tert-OH is 1. The van der Waals surface area contributed by atoms with Gasteiger partial charge in [0.05, 0.1) is 29.4 Å². The average Bonchev–Trinajstić information content (AvgIpc) is 2.78. The largest absolute Gasteiger partial charge is 0.455 e. The fourth-order valence-corrected chi connectivity index (χ4v) is 3.81. The van der Waals surface area contributed by atoms with E-state index in [0.717, 1.165) is 17.7 Å². The molecule has 0 saturated carbocycles. The summed E-state index contributed by atoms with van der Waals surface area (Å²) in [6, 6.07) is 10.3. The monoisotopic (exact) mass is 436 g/mol. The van der Waals surface area contributed by atoms with Gasteiger partial charge in [-0.05, 0) is 62.7 Å². The van der Waals surface area contributed by atoms with Crippen molar-refractivity contribution in [2.75, 3.05) is 5.32 Å². The third-order valence-electron chi connectivity index (χ3n) is 5.45. The molecule has 0 aliphatic carbocycles. The highest BCUT2D eigenvalue weighted by Gasteiger charge is 2.20. The lowest BCUT2D eigenvalue weighted by Gasteiger charge is -2.20. The Hall–Kier alpha value is -3.58. The van der Waals surface area contributed by atoms with E-state index in [-0.39, 0.29) is 29.4 Å². The smallest absolute Gasteiger partial charge is 0.196 e. The maximum absolute atomic E-state index is 13.9. The predicted octanol–water partition coefficient (Wildman–Crippen LogP) is 5.42. The van der Waals surface area contributed by atoms with Gasteiger partial charge in [0.2, 0.25) is 0 Å². The Balaban J connectivity index is 1.90. The van der Waals surface area contributed by atoms with E-state index in [1.165, 1.54) is 6.07 Å². The van der Waals surface area contributed by atoms with Gasteiger partial charge in [0.25, 0.3) is 0 Å². The van der Waals surface area contributed by atoms with Crippen LogP contribution in [0.1, 0.15) is 35.3 Å². The highest BCUT2D eigenvalue weighted by atomic mass is 19.2. The third-order valence-corrected chi connectivity index (χ3v) is 5.45. The van der Waals surface area contributed by atoms with Crippen molar-refractivity contribution in [3.05, 3.63) is 92.9 Å². The number of hydrogen-bond donors (Lipinski definition) is 2. The molecule has 32 heavy (non-hydrogen) atoms. The summed E-state index contributed by atoms with van der Waals surface area (Å²) in [6.45, 7) is 5.17. The molecule has 0 unspecified atom stereocenters. The van der Waals surface area contributed by atoms with Gasteiger partial charge < -0.3 is 14.8 Å². The zero-order valence-electron chi connectivity index (χ0n) is 17.9. The number of halogens is 2. The molecule has 1 atom stereocenters. The van der Waals surface area contributed by atoms with Crippen molar-refractivity contribution in [1.82, 2.24) is 4.98 Å². The lowest BCUT2D eigenvalue weighted by atomic mass is 9.98. The summed E-state index contributed by atoms with van der Waals surface area (Å²) in [5, 5.41) is 13.3. The molecular weight excluding hydrogens is 414 g/mol. The number of anilines is 1. The average molecular weight is 436 g/mol. The molecular formula is C25H22F2N2O3. The number of hydrogen-bond acceptors (Lipinski definition) is 5. The number of aryl methyl sites for hydroxylation is 1. The molecule has 0 fully saturated rings. The number of pyridine rings is 1. The van der Waals surface area contributed by atoms with Crippen LogP contribution in [0.25, 0.3) is 22.3 Å². The van der Waals surface area contributed by atoms with Gasteiger partial charge in [0.15, 0.2) is 17.1 Å². The first-order chi connectivity index (χ1) is 15.3. The van der Waals surface area contributed by atoms with E-state index in [1.54, 1.807) is 31.3 Å². The van der Waals surface area contributed by atoms with E-state index in [9.17, 15) is 18.7 Å². The van der Waals surface area contributed by atoms with Crippen molar-refractivity contribution in [3.63, 3.8) is 0 Å². The van der Waals surface area contributed by atoms with E-state index in [4.69, 9.17) is 4.42 Å². The number of fused-ring (bicyclic) bond motifs is 1. The summed E-state index contributed by atoms with van der Waals surface area (Å²) < 4.78 is 33.4. The molecule has 0 aliphatic heterocycles. The lowest BCUT2D eigenvalue weighted by Crippen LogP contribution is -2.13. The van der Waals surface area contributed by atoms with Crippen LogP contribution in [0.2, 0.25) is 0 Å². The minimum Gasteiger partial charge on any atom is -0.455 e. The highest BCUT2D eigenvalue weighted by Crippen LogP contribution is 2.32. The Morgan fingerprint density at radius 3 is 2.62 bits per heavy atom. The molecule has 0 spiro atoms. The van der Waals surface area contributed by atoms with Gasteiger partial charge in [-0.2, -0.15) is 0 Å². The molecule has 2 N–H and O–H groups in total. The highest BCUT2D eigenvalue weighted by molar-refractivity contribution is 5.84. The SMILES string of the molecule is Cc1cc([C@@H](C)Nc2cccnc2CO)c2oc(-c3ccc(F)c(F)c3)c(C)c(=O)c2c1. The topological polar surface area (TPSA) is 75.4 Å². The van der Waals surface area contributed by atoms with Crippen LogP contribution in [0.5, 0.6) is 0 Å². The molecule has 2 heterocycles. The fourth-order valence-electron chi connectivity index (χ4n) is 3.81. The van der Waals surface area contributed by atoms with E-state index in [1.807, 2.05) is 19.9 Å². The summed E-state index contributed by atoms with van der Waals surface area (Å²) in [5.74, 6) is -1.80. The number of benzene rings is 2. The Morgan fingerprint density at radius 2 is 1.91 bits per heavy atom. The van der Waals surface area contributed by atoms with E-state index >= 15 is 0 Å². The van der Waals surface area contributed by atoms with Crippen molar-refractivity contribution >= 4 is 16.7 Å². The first kappa shape index (κ1) is 21.6. The van der Waals surface area contributed by atoms with Gasteiger partial charge in [0, 0.05) is 22.9 Å². The first-order valence-corrected chi connectivity index (χ1v) is 10.1. The molecule has 5 nitrogen and oxygen atoms in total. The molecule has 4 aromatic rings. The van der Waals surface area contributed by atoms with Crippen LogP contribution in [0.3, 0.4) is 0 Å². The Bertz CT molecular complexity index is 1380. The normalized spacial score (nSPS) is 12.2. The summed E-state index contributed by atoms with van der Waals surface area (Å²) in [4.78, 5) is 17.3. The van der Waals surface area contributed by atoms with Crippen LogP contribution in [0.4, 0.5) is 14.5 Å². The number of nitrogens with one attached hydrogen (secondary N) is 1. The Kier molecular flexibility index (Phi) is 5.76. The minimum absolute atomic E-state index is 0.191. The number of aromatic nitrogens is 1. The zero-order valence-corrected chi connectivity index (χ0v) is 17.9. The Morgan fingerprint density at radius 1 is 1.12 bits per heavy atom. The minimum atomic E-state index is -1.02. The molecule has 164 valence electrons. The standard InChI is InChI=1S/C25H22F2N2O3/c1-13-9-17(15(3)29-21-5-4-8-28-22(21)12-30)25-18(10-13)23(31)14(2)24(32-25)16-6-7-19(26)20(27)11-16/h4-11,15,29-30H,12H2,1-3H3/t15-/m1/s1. The van der Waals surface area contributed by atoms with Crippen molar-refractivity contribution in [2.24, 2.45) is 0 Å². The van der Waals surface area contributed by atoms with Crippen LogP contribution < -0.4 is 10.7 Å². The second-order valence-electron chi connectivity index (χ2n) is 7.77. The summed E-state index contributed by atoms with van der Waals surface area (Å²) in [6.07, 6.45) is 1.60. The van der Waals surface area contributed by atoms with Crippen LogP contribution in [0, 0.1) is 25.5 Å². The van der Waals surface area contributed by atoms with Crippen molar-refractivity contribution in [3.8, 4) is 11.3 Å². The number of rotatable bonds is 5. The Labute approximate surface area is 183 Å². The summed E-state index contributed by atoms with van der Waals surface area (Å²) in [7, 11) is 0. The molecule has 7 heteroatoms. The van der Waals surface area contributed by atoms with E-state index in [2.05, 4.69) is 10.3 Å². The van der Waals surface area contributed by atoms with Gasteiger partial charge in [-0.15, -0.1) is 0 Å². The molecule has 0 amide bonds. The lowest BCUT2D eigenvalue weighted by molar-refractivity contribution is 0.277. The van der Waals surface area contributed by atoms with E-state index < -0.39 is 11.6 Å². The molecule has 2 aromatic carbocycles. The molecule has 0 aliphatic rings. The predicted molar refractivity (Wildman–Crippen MR) is 120 cm³/mol. The summed E-state index contributed by atoms with van der Waals surface area (Å²) in [5.41, 5.74) is 3.47. The zero-order chi connectivity index (χ0) is 23.0. The molecule has 2 aromatic heterocycles. The van der Waals surface area contributed by atoms with Crippen LogP contribution in [0.15, 0.2) is 57.9 Å². The van der Waals surface area contributed by atoms with Gasteiger partial charge in [-0.25, -0.2) is 8.78 Å². The van der Waals surface area contributed by atoms with Crippen molar-refractivity contribution in [2.45, 2.75) is 33.4 Å². The second-order valence-corrected chi connectivity index (χ2v) is 7.77. The maximum atomic E-state index is 13.9. The van der Waals surface area contributed by atoms with Gasteiger partial charge in [0.1, 0.15) is 11.3 Å². The summed E-state index contributed by atoms with van der Waals surface area (Å²) >= 11 is 0. The molecule has 4 rings (SSSR count). The van der Waals surface area contributed by atoms with Crippen molar-refractivity contribution in [1.29, 1.82) is 0 Å². The third kappa shape index (κ3) is 3.87. The molecule has 0 radical (unpaired) electrons. The first-order valence-electron chi connectivity index (χ1n) is 10.1. The second kappa shape index (κ2) is 8.51.